The van der Waals surface area contributed by atoms with Crippen molar-refractivity contribution in [2.75, 3.05) is 37.6 Å². The van der Waals surface area contributed by atoms with Gasteiger partial charge >= 0.3 is 0 Å². The van der Waals surface area contributed by atoms with Crippen molar-refractivity contribution in [2.24, 2.45) is 0 Å². The summed E-state index contributed by atoms with van der Waals surface area (Å²) < 4.78 is 0. The third-order valence-electron chi connectivity index (χ3n) is 4.46. The maximum Gasteiger partial charge on any atom is 0.0367 e. The van der Waals surface area contributed by atoms with Gasteiger partial charge in [0.2, 0.25) is 0 Å². The minimum atomic E-state index is 1.07. The molecule has 0 amide bonds. The van der Waals surface area contributed by atoms with Crippen LogP contribution in [0.3, 0.4) is 0 Å². The number of aryl methyl sites for hydroxylation is 1. The van der Waals surface area contributed by atoms with Crippen LogP contribution in [-0.4, -0.2) is 37.6 Å². The topological polar surface area (TPSA) is 6.48 Å². The first-order chi connectivity index (χ1) is 11.2. The van der Waals surface area contributed by atoms with Gasteiger partial charge < -0.3 is 4.90 Å². The average Bonchev–Trinajstić information content (AvgIpc) is 2.57. The zero-order valence-electron chi connectivity index (χ0n) is 14.2. The summed E-state index contributed by atoms with van der Waals surface area (Å²) in [5, 5.41) is 0. The Hall–Kier alpha value is -2.06. The second-order valence-corrected chi connectivity index (χ2v) is 6.50. The Bertz CT molecular complexity index is 635. The number of anilines is 1. The van der Waals surface area contributed by atoms with Gasteiger partial charge in [-0.25, -0.2) is 0 Å². The van der Waals surface area contributed by atoms with E-state index in [2.05, 4.69) is 84.3 Å². The standard InChI is InChI=1S/C21H26N2/c1-18-8-10-21(11-9-18)23-14-12-22(13-15-23)17-19(2)16-20-6-4-3-5-7-20/h3-11,16H,12-15,17H2,1-2H3. The summed E-state index contributed by atoms with van der Waals surface area (Å²) in [5.74, 6) is 0. The van der Waals surface area contributed by atoms with Gasteiger partial charge in [0, 0.05) is 38.4 Å². The van der Waals surface area contributed by atoms with Crippen molar-refractivity contribution in [2.45, 2.75) is 13.8 Å². The zero-order chi connectivity index (χ0) is 16.1. The number of nitrogens with zero attached hydrogens (tertiary/aromatic N) is 2. The van der Waals surface area contributed by atoms with E-state index >= 15 is 0 Å². The summed E-state index contributed by atoms with van der Waals surface area (Å²) in [6.45, 7) is 9.94. The molecule has 0 atom stereocenters. The van der Waals surface area contributed by atoms with Gasteiger partial charge in [-0.05, 0) is 31.5 Å². The Morgan fingerprint density at radius 1 is 0.913 bits per heavy atom. The fourth-order valence-corrected chi connectivity index (χ4v) is 3.15. The molecule has 1 aliphatic rings. The van der Waals surface area contributed by atoms with Crippen LogP contribution in [0.1, 0.15) is 18.1 Å². The first-order valence-corrected chi connectivity index (χ1v) is 8.47. The molecular weight excluding hydrogens is 280 g/mol. The van der Waals surface area contributed by atoms with Crippen molar-refractivity contribution in [1.82, 2.24) is 4.90 Å². The lowest BCUT2D eigenvalue weighted by molar-refractivity contribution is 0.279. The molecule has 0 spiro atoms. The van der Waals surface area contributed by atoms with Crippen LogP contribution >= 0.6 is 0 Å². The fraction of sp³-hybridized carbons (Fsp3) is 0.333. The van der Waals surface area contributed by atoms with E-state index in [0.29, 0.717) is 0 Å². The molecular formula is C21H26N2. The van der Waals surface area contributed by atoms with Crippen LogP contribution in [0.5, 0.6) is 0 Å². The first kappa shape index (κ1) is 15.8. The van der Waals surface area contributed by atoms with E-state index in [1.807, 2.05) is 0 Å². The van der Waals surface area contributed by atoms with E-state index in [1.165, 1.54) is 22.4 Å². The highest BCUT2D eigenvalue weighted by Gasteiger charge is 2.17. The molecule has 2 nitrogen and oxygen atoms in total. The van der Waals surface area contributed by atoms with Crippen molar-refractivity contribution in [3.63, 3.8) is 0 Å². The minimum Gasteiger partial charge on any atom is -0.369 e. The van der Waals surface area contributed by atoms with E-state index in [9.17, 15) is 0 Å². The van der Waals surface area contributed by atoms with Crippen LogP contribution in [-0.2, 0) is 0 Å². The molecule has 0 N–H and O–H groups in total. The molecule has 0 aromatic heterocycles. The molecule has 2 heteroatoms. The van der Waals surface area contributed by atoms with Crippen LogP contribution in [0.4, 0.5) is 5.69 Å². The van der Waals surface area contributed by atoms with Crippen molar-refractivity contribution in [1.29, 1.82) is 0 Å². The molecule has 2 aromatic rings. The largest absolute Gasteiger partial charge is 0.369 e. The van der Waals surface area contributed by atoms with Crippen molar-refractivity contribution < 1.29 is 0 Å². The highest BCUT2D eigenvalue weighted by molar-refractivity contribution is 5.52. The van der Waals surface area contributed by atoms with Crippen LogP contribution in [0.15, 0.2) is 60.2 Å². The quantitative estimate of drug-likeness (QED) is 0.834. The Kier molecular flexibility index (Phi) is 5.14. The Morgan fingerprint density at radius 2 is 1.57 bits per heavy atom. The molecule has 1 saturated heterocycles. The molecule has 120 valence electrons. The van der Waals surface area contributed by atoms with Crippen molar-refractivity contribution in [3.05, 3.63) is 71.3 Å². The normalized spacial score (nSPS) is 16.6. The van der Waals surface area contributed by atoms with Crippen molar-refractivity contribution >= 4 is 11.8 Å². The van der Waals surface area contributed by atoms with Crippen molar-refractivity contribution in [3.8, 4) is 0 Å². The van der Waals surface area contributed by atoms with Gasteiger partial charge in [0.15, 0.2) is 0 Å². The lowest BCUT2D eigenvalue weighted by Gasteiger charge is -2.36. The average molecular weight is 306 g/mol. The maximum absolute atomic E-state index is 2.56. The second-order valence-electron chi connectivity index (χ2n) is 6.50. The lowest BCUT2D eigenvalue weighted by Crippen LogP contribution is -2.46. The third-order valence-corrected chi connectivity index (χ3v) is 4.46. The van der Waals surface area contributed by atoms with E-state index in [0.717, 1.165) is 32.7 Å². The predicted octanol–water partition coefficient (Wildman–Crippen LogP) is 4.22. The van der Waals surface area contributed by atoms with Gasteiger partial charge in [-0.15, -0.1) is 0 Å². The van der Waals surface area contributed by atoms with Gasteiger partial charge in [0.1, 0.15) is 0 Å². The van der Waals surface area contributed by atoms with Gasteiger partial charge in [-0.1, -0.05) is 59.7 Å². The fourth-order valence-electron chi connectivity index (χ4n) is 3.15. The van der Waals surface area contributed by atoms with Gasteiger partial charge in [0.25, 0.3) is 0 Å². The molecule has 0 radical (unpaired) electrons. The second kappa shape index (κ2) is 7.47. The summed E-state index contributed by atoms with van der Waals surface area (Å²) in [6.07, 6.45) is 2.30. The SMILES string of the molecule is CC(=Cc1ccccc1)CN1CCN(c2ccc(C)cc2)CC1. The highest BCUT2D eigenvalue weighted by atomic mass is 15.3. The Labute approximate surface area is 140 Å². The van der Waals surface area contributed by atoms with Crippen LogP contribution in [0.2, 0.25) is 0 Å². The molecule has 1 heterocycles. The number of hydrogen-bond acceptors (Lipinski definition) is 2. The molecule has 1 aliphatic heterocycles. The number of hydrogen-bond donors (Lipinski definition) is 0. The number of rotatable bonds is 4. The van der Waals surface area contributed by atoms with Gasteiger partial charge in [-0.2, -0.15) is 0 Å². The molecule has 0 unspecified atom stereocenters. The number of benzene rings is 2. The summed E-state index contributed by atoms with van der Waals surface area (Å²) >= 11 is 0. The highest BCUT2D eigenvalue weighted by Crippen LogP contribution is 2.17. The van der Waals surface area contributed by atoms with Crippen LogP contribution in [0.25, 0.3) is 6.08 Å². The molecule has 23 heavy (non-hydrogen) atoms. The van der Waals surface area contributed by atoms with E-state index < -0.39 is 0 Å². The van der Waals surface area contributed by atoms with E-state index in [-0.39, 0.29) is 0 Å². The molecule has 0 aliphatic carbocycles. The van der Waals surface area contributed by atoms with E-state index in [4.69, 9.17) is 0 Å². The third kappa shape index (κ3) is 4.46. The molecule has 3 rings (SSSR count). The summed E-state index contributed by atoms with van der Waals surface area (Å²) in [5.41, 5.74) is 5.41. The minimum absolute atomic E-state index is 1.07. The number of piperazine rings is 1. The first-order valence-electron chi connectivity index (χ1n) is 8.47. The smallest absolute Gasteiger partial charge is 0.0367 e. The van der Waals surface area contributed by atoms with Crippen LogP contribution < -0.4 is 4.90 Å². The lowest BCUT2D eigenvalue weighted by atomic mass is 10.1. The molecule has 1 fully saturated rings. The van der Waals surface area contributed by atoms with Crippen LogP contribution in [0, 0.1) is 6.92 Å². The molecule has 2 aromatic carbocycles. The predicted molar refractivity (Wildman–Crippen MR) is 99.9 cm³/mol. The maximum atomic E-state index is 2.56. The summed E-state index contributed by atoms with van der Waals surface area (Å²) in [7, 11) is 0. The summed E-state index contributed by atoms with van der Waals surface area (Å²) in [4.78, 5) is 5.05. The summed E-state index contributed by atoms with van der Waals surface area (Å²) in [6, 6.07) is 19.5. The van der Waals surface area contributed by atoms with E-state index in [1.54, 1.807) is 0 Å². The molecule has 0 bridgehead atoms. The monoisotopic (exact) mass is 306 g/mol. The van der Waals surface area contributed by atoms with Gasteiger partial charge in [-0.3, -0.25) is 4.90 Å². The molecule has 0 saturated carbocycles. The zero-order valence-corrected chi connectivity index (χ0v) is 14.2. The van der Waals surface area contributed by atoms with Gasteiger partial charge in [0.05, 0.1) is 0 Å². The Balaban J connectivity index is 1.53. The Morgan fingerprint density at radius 3 is 2.22 bits per heavy atom.